The highest BCUT2D eigenvalue weighted by atomic mass is 16.5. The molecular weight excluding hydrogens is 308 g/mol. The van der Waals surface area contributed by atoms with E-state index in [0.29, 0.717) is 22.4 Å². The Kier molecular flexibility index (Phi) is 6.37. The van der Waals surface area contributed by atoms with Gasteiger partial charge in [0, 0.05) is 0 Å². The minimum Gasteiger partial charge on any atom is -0.489 e. The van der Waals surface area contributed by atoms with Gasteiger partial charge in [0.05, 0.1) is 24.3 Å². The van der Waals surface area contributed by atoms with E-state index in [-0.39, 0.29) is 19.8 Å². The summed E-state index contributed by atoms with van der Waals surface area (Å²) >= 11 is 0. The maximum absolute atomic E-state index is 12.0. The van der Waals surface area contributed by atoms with Crippen LogP contribution in [0.3, 0.4) is 0 Å². The van der Waals surface area contributed by atoms with Gasteiger partial charge in [0.25, 0.3) is 0 Å². The Balaban J connectivity index is 2.24. The van der Waals surface area contributed by atoms with E-state index in [1.165, 1.54) is 6.07 Å². The third-order valence-corrected chi connectivity index (χ3v) is 3.16. The molecule has 0 atom stereocenters. The van der Waals surface area contributed by atoms with Crippen molar-refractivity contribution in [2.75, 3.05) is 13.2 Å². The van der Waals surface area contributed by atoms with Crippen molar-refractivity contribution < 1.29 is 23.8 Å². The smallest absolute Gasteiger partial charge is 0.338 e. The highest BCUT2D eigenvalue weighted by Gasteiger charge is 2.15. The molecule has 0 unspecified atom stereocenters. The third kappa shape index (κ3) is 4.84. The van der Waals surface area contributed by atoms with Crippen LogP contribution in [-0.4, -0.2) is 25.2 Å². The molecule has 0 N–H and O–H groups in total. The van der Waals surface area contributed by atoms with Crippen LogP contribution in [0.25, 0.3) is 0 Å². The molecule has 0 bridgehead atoms. The van der Waals surface area contributed by atoms with Gasteiger partial charge in [-0.15, -0.1) is 0 Å². The molecule has 0 fully saturated rings. The normalized spacial score (nSPS) is 10.1. The Morgan fingerprint density at radius 3 is 1.88 bits per heavy atom. The van der Waals surface area contributed by atoms with Gasteiger partial charge in [0.1, 0.15) is 12.4 Å². The molecule has 0 aromatic heterocycles. The Morgan fingerprint density at radius 2 is 1.38 bits per heavy atom. The zero-order chi connectivity index (χ0) is 17.4. The fourth-order valence-corrected chi connectivity index (χ4v) is 2.12. The largest absolute Gasteiger partial charge is 0.489 e. The van der Waals surface area contributed by atoms with Gasteiger partial charge in [-0.2, -0.15) is 0 Å². The number of ether oxygens (including phenoxy) is 3. The Hall–Kier alpha value is -2.82. The first-order valence-corrected chi connectivity index (χ1v) is 7.80. The maximum Gasteiger partial charge on any atom is 0.338 e. The number of para-hydroxylation sites is 1. The van der Waals surface area contributed by atoms with Crippen molar-refractivity contribution in [1.82, 2.24) is 0 Å². The van der Waals surface area contributed by atoms with Crippen LogP contribution in [0, 0.1) is 0 Å². The molecule has 126 valence electrons. The van der Waals surface area contributed by atoms with E-state index in [4.69, 9.17) is 14.2 Å². The number of hydrogen-bond donors (Lipinski definition) is 0. The van der Waals surface area contributed by atoms with Gasteiger partial charge >= 0.3 is 11.9 Å². The lowest BCUT2D eigenvalue weighted by molar-refractivity contribution is 0.0525. The summed E-state index contributed by atoms with van der Waals surface area (Å²) in [5.74, 6) is -0.258. The zero-order valence-electron chi connectivity index (χ0n) is 13.8. The molecule has 0 aliphatic carbocycles. The second kappa shape index (κ2) is 8.72. The lowest BCUT2D eigenvalue weighted by atomic mass is 10.1. The van der Waals surface area contributed by atoms with Crippen LogP contribution in [0.4, 0.5) is 0 Å². The van der Waals surface area contributed by atoms with Crippen LogP contribution in [0.2, 0.25) is 0 Å². The van der Waals surface area contributed by atoms with E-state index in [1.807, 2.05) is 30.3 Å². The number of benzene rings is 2. The Bertz CT molecular complexity index is 658. The first-order valence-electron chi connectivity index (χ1n) is 7.80. The van der Waals surface area contributed by atoms with Gasteiger partial charge in [-0.1, -0.05) is 18.2 Å². The highest BCUT2D eigenvalue weighted by Crippen LogP contribution is 2.16. The van der Waals surface area contributed by atoms with E-state index < -0.39 is 11.9 Å². The summed E-state index contributed by atoms with van der Waals surface area (Å²) in [7, 11) is 0. The summed E-state index contributed by atoms with van der Waals surface area (Å²) in [6.07, 6.45) is 0. The molecule has 0 radical (unpaired) electrons. The molecular formula is C19H20O5. The molecule has 0 aliphatic heterocycles. The van der Waals surface area contributed by atoms with Crippen molar-refractivity contribution in [2.24, 2.45) is 0 Å². The standard InChI is InChI=1S/C19H20O5/c1-3-22-18(20)15-10-14(11-16(12-15)19(21)23-4-2)13-24-17-8-6-5-7-9-17/h5-12H,3-4,13H2,1-2H3. The molecule has 2 aromatic carbocycles. The zero-order valence-corrected chi connectivity index (χ0v) is 13.8. The van der Waals surface area contributed by atoms with Gasteiger partial charge in [0.2, 0.25) is 0 Å². The van der Waals surface area contributed by atoms with E-state index in [2.05, 4.69) is 0 Å². The van der Waals surface area contributed by atoms with Crippen molar-refractivity contribution in [3.05, 3.63) is 65.2 Å². The SMILES string of the molecule is CCOC(=O)c1cc(COc2ccccc2)cc(C(=O)OCC)c1. The fraction of sp³-hybridized carbons (Fsp3) is 0.263. The molecule has 24 heavy (non-hydrogen) atoms. The van der Waals surface area contributed by atoms with Crippen molar-refractivity contribution in [3.8, 4) is 5.75 Å². The van der Waals surface area contributed by atoms with Gasteiger partial charge < -0.3 is 14.2 Å². The van der Waals surface area contributed by atoms with Crippen LogP contribution >= 0.6 is 0 Å². The Morgan fingerprint density at radius 1 is 0.833 bits per heavy atom. The fourth-order valence-electron chi connectivity index (χ4n) is 2.12. The summed E-state index contributed by atoms with van der Waals surface area (Å²) in [5.41, 5.74) is 1.29. The lowest BCUT2D eigenvalue weighted by Crippen LogP contribution is -2.11. The minimum absolute atomic E-state index is 0.226. The quantitative estimate of drug-likeness (QED) is 0.727. The summed E-state index contributed by atoms with van der Waals surface area (Å²) in [5, 5.41) is 0. The molecule has 2 aromatic rings. The van der Waals surface area contributed by atoms with E-state index in [9.17, 15) is 9.59 Å². The van der Waals surface area contributed by atoms with Crippen LogP contribution < -0.4 is 4.74 Å². The summed E-state index contributed by atoms with van der Waals surface area (Å²) in [6.45, 7) is 4.21. The molecule has 2 rings (SSSR count). The maximum atomic E-state index is 12.0. The topological polar surface area (TPSA) is 61.8 Å². The number of esters is 2. The summed E-state index contributed by atoms with van der Waals surface area (Å²) in [4.78, 5) is 24.0. The Labute approximate surface area is 141 Å². The molecule has 5 heteroatoms. The average molecular weight is 328 g/mol. The molecule has 0 aliphatic rings. The van der Waals surface area contributed by atoms with Crippen LogP contribution in [0.1, 0.15) is 40.1 Å². The molecule has 0 saturated carbocycles. The van der Waals surface area contributed by atoms with Gasteiger partial charge in [0.15, 0.2) is 0 Å². The van der Waals surface area contributed by atoms with Crippen molar-refractivity contribution in [1.29, 1.82) is 0 Å². The van der Waals surface area contributed by atoms with Gasteiger partial charge in [-0.3, -0.25) is 0 Å². The second-order valence-electron chi connectivity index (χ2n) is 4.96. The average Bonchev–Trinajstić information content (AvgIpc) is 2.61. The molecule has 5 nitrogen and oxygen atoms in total. The number of rotatable bonds is 7. The van der Waals surface area contributed by atoms with Crippen LogP contribution in [-0.2, 0) is 16.1 Å². The first kappa shape index (κ1) is 17.5. The van der Waals surface area contributed by atoms with Crippen LogP contribution in [0.15, 0.2) is 48.5 Å². The van der Waals surface area contributed by atoms with E-state index in [0.717, 1.165) is 0 Å². The van der Waals surface area contributed by atoms with Gasteiger partial charge in [-0.05, 0) is 49.7 Å². The first-order chi connectivity index (χ1) is 11.6. The third-order valence-electron chi connectivity index (χ3n) is 3.16. The minimum atomic E-state index is -0.482. The van der Waals surface area contributed by atoms with Crippen LogP contribution in [0.5, 0.6) is 5.75 Å². The second-order valence-corrected chi connectivity index (χ2v) is 4.96. The molecule has 0 heterocycles. The predicted molar refractivity (Wildman–Crippen MR) is 89.1 cm³/mol. The molecule has 0 spiro atoms. The van der Waals surface area contributed by atoms with Crippen molar-refractivity contribution >= 4 is 11.9 Å². The number of hydrogen-bond acceptors (Lipinski definition) is 5. The van der Waals surface area contributed by atoms with Crippen molar-refractivity contribution in [3.63, 3.8) is 0 Å². The lowest BCUT2D eigenvalue weighted by Gasteiger charge is -2.10. The number of carbonyl (C=O) groups excluding carboxylic acids is 2. The highest BCUT2D eigenvalue weighted by molar-refractivity contribution is 5.95. The summed E-state index contributed by atoms with van der Waals surface area (Å²) < 4.78 is 15.7. The number of carbonyl (C=O) groups is 2. The predicted octanol–water partition coefficient (Wildman–Crippen LogP) is 3.62. The molecule has 0 amide bonds. The van der Waals surface area contributed by atoms with Crippen molar-refractivity contribution in [2.45, 2.75) is 20.5 Å². The monoisotopic (exact) mass is 328 g/mol. The molecule has 0 saturated heterocycles. The van der Waals surface area contributed by atoms with Gasteiger partial charge in [-0.25, -0.2) is 9.59 Å². The van der Waals surface area contributed by atoms with E-state index in [1.54, 1.807) is 26.0 Å². The van der Waals surface area contributed by atoms with E-state index >= 15 is 0 Å². The summed E-state index contributed by atoms with van der Waals surface area (Å²) in [6, 6.07) is 14.1.